The van der Waals surface area contributed by atoms with Gasteiger partial charge in [0.1, 0.15) is 0 Å². The fourth-order valence-electron chi connectivity index (χ4n) is 6.38. The first-order chi connectivity index (χ1) is 10.9. The third-order valence-corrected chi connectivity index (χ3v) is 6.87. The minimum absolute atomic E-state index is 0.274. The Morgan fingerprint density at radius 1 is 1.09 bits per heavy atom. The van der Waals surface area contributed by atoms with Crippen LogP contribution >= 0.6 is 0 Å². The molecule has 2 heteroatoms. The van der Waals surface area contributed by atoms with Gasteiger partial charge < -0.3 is 4.90 Å². The number of hydrogen-bond donors (Lipinski definition) is 0. The lowest BCUT2D eigenvalue weighted by Gasteiger charge is -2.62. The Morgan fingerprint density at radius 3 is 2.26 bits per heavy atom. The van der Waals surface area contributed by atoms with E-state index in [1.165, 1.54) is 44.1 Å². The van der Waals surface area contributed by atoms with Crippen molar-refractivity contribution < 1.29 is 4.79 Å². The summed E-state index contributed by atoms with van der Waals surface area (Å²) in [5.74, 6) is 2.01. The number of aryl methyl sites for hydroxylation is 1. The molecule has 4 aliphatic rings. The van der Waals surface area contributed by atoms with E-state index >= 15 is 0 Å². The number of nitrogens with zero attached hydrogens (tertiary/aromatic N) is 1. The Bertz CT molecular complexity index is 601. The lowest BCUT2D eigenvalue weighted by atomic mass is 9.42. The van der Waals surface area contributed by atoms with Crippen LogP contribution in [0, 0.1) is 24.2 Å². The van der Waals surface area contributed by atoms with Crippen molar-refractivity contribution in [3.63, 3.8) is 0 Å². The zero-order valence-corrected chi connectivity index (χ0v) is 14.8. The van der Waals surface area contributed by atoms with Crippen LogP contribution in [-0.2, 0) is 10.2 Å². The fraction of sp³-hybridized carbons (Fsp3) is 0.667. The SMILES string of the molecule is Cc1ccc(C23C[C@H]4C[C@@H](CC(CC(=O)N(C)C)(C4)C2)C3)cc1. The van der Waals surface area contributed by atoms with Crippen LogP contribution in [0.25, 0.3) is 0 Å². The summed E-state index contributed by atoms with van der Waals surface area (Å²) < 4.78 is 0. The first-order valence-electron chi connectivity index (χ1n) is 9.17. The van der Waals surface area contributed by atoms with Gasteiger partial charge in [-0.15, -0.1) is 0 Å². The number of rotatable bonds is 3. The number of hydrogen-bond acceptors (Lipinski definition) is 1. The zero-order chi connectivity index (χ0) is 16.2. The van der Waals surface area contributed by atoms with Crippen molar-refractivity contribution in [3.05, 3.63) is 35.4 Å². The van der Waals surface area contributed by atoms with Crippen molar-refractivity contribution in [2.75, 3.05) is 14.1 Å². The molecule has 0 unspecified atom stereocenters. The smallest absolute Gasteiger partial charge is 0.222 e. The second kappa shape index (κ2) is 5.09. The van der Waals surface area contributed by atoms with Crippen LogP contribution in [-0.4, -0.2) is 24.9 Å². The molecule has 2 nitrogen and oxygen atoms in total. The quantitative estimate of drug-likeness (QED) is 0.814. The number of carbonyl (C=O) groups is 1. The van der Waals surface area contributed by atoms with Gasteiger partial charge in [-0.1, -0.05) is 29.8 Å². The largest absolute Gasteiger partial charge is 0.349 e. The summed E-state index contributed by atoms with van der Waals surface area (Å²) in [4.78, 5) is 14.2. The molecular formula is C21H29NO. The second-order valence-corrected chi connectivity index (χ2v) is 9.07. The highest BCUT2D eigenvalue weighted by Gasteiger charge is 2.58. The minimum Gasteiger partial charge on any atom is -0.349 e. The van der Waals surface area contributed by atoms with Crippen molar-refractivity contribution in [1.82, 2.24) is 4.90 Å². The molecule has 1 aromatic rings. The first kappa shape index (κ1) is 15.2. The van der Waals surface area contributed by atoms with Crippen LogP contribution in [0.2, 0.25) is 0 Å². The topological polar surface area (TPSA) is 20.3 Å². The van der Waals surface area contributed by atoms with Crippen LogP contribution in [0.5, 0.6) is 0 Å². The molecule has 4 saturated carbocycles. The van der Waals surface area contributed by atoms with E-state index in [0.717, 1.165) is 18.3 Å². The van der Waals surface area contributed by atoms with Crippen LogP contribution in [0.1, 0.15) is 56.1 Å². The van der Waals surface area contributed by atoms with Gasteiger partial charge in [0.05, 0.1) is 0 Å². The van der Waals surface area contributed by atoms with Gasteiger partial charge >= 0.3 is 0 Å². The summed E-state index contributed by atoms with van der Waals surface area (Å²) in [6.07, 6.45) is 8.68. The molecule has 0 N–H and O–H groups in total. The Morgan fingerprint density at radius 2 is 1.70 bits per heavy atom. The fourth-order valence-corrected chi connectivity index (χ4v) is 6.38. The molecule has 4 aliphatic carbocycles. The molecule has 0 heterocycles. The molecule has 0 saturated heterocycles. The maximum absolute atomic E-state index is 12.4. The maximum Gasteiger partial charge on any atom is 0.222 e. The van der Waals surface area contributed by atoms with Crippen molar-refractivity contribution in [1.29, 1.82) is 0 Å². The van der Waals surface area contributed by atoms with Gasteiger partial charge in [-0.2, -0.15) is 0 Å². The highest BCUT2D eigenvalue weighted by molar-refractivity contribution is 5.76. The second-order valence-electron chi connectivity index (χ2n) is 9.07. The lowest BCUT2D eigenvalue weighted by Crippen LogP contribution is -2.55. The van der Waals surface area contributed by atoms with Crippen molar-refractivity contribution in [3.8, 4) is 0 Å². The van der Waals surface area contributed by atoms with Crippen LogP contribution in [0.3, 0.4) is 0 Å². The summed E-state index contributed by atoms with van der Waals surface area (Å²) in [5, 5.41) is 0. The monoisotopic (exact) mass is 311 g/mol. The summed E-state index contributed by atoms with van der Waals surface area (Å²) in [6, 6.07) is 9.27. The van der Waals surface area contributed by atoms with E-state index in [1.807, 2.05) is 14.1 Å². The molecule has 4 bridgehead atoms. The predicted molar refractivity (Wildman–Crippen MR) is 93.3 cm³/mol. The van der Waals surface area contributed by atoms with Gasteiger partial charge in [0.15, 0.2) is 0 Å². The summed E-state index contributed by atoms with van der Waals surface area (Å²) >= 11 is 0. The van der Waals surface area contributed by atoms with Gasteiger partial charge in [0.25, 0.3) is 0 Å². The van der Waals surface area contributed by atoms with Crippen LogP contribution < -0.4 is 0 Å². The normalized spacial score (nSPS) is 37.9. The van der Waals surface area contributed by atoms with Gasteiger partial charge in [-0.25, -0.2) is 0 Å². The molecule has 4 fully saturated rings. The predicted octanol–water partition coefficient (Wildman–Crippen LogP) is 4.31. The number of benzene rings is 1. The Balaban J connectivity index is 1.68. The first-order valence-corrected chi connectivity index (χ1v) is 9.17. The van der Waals surface area contributed by atoms with E-state index < -0.39 is 0 Å². The van der Waals surface area contributed by atoms with Gasteiger partial charge in [0.2, 0.25) is 5.91 Å². The minimum atomic E-state index is 0.274. The molecule has 5 rings (SSSR count). The van der Waals surface area contributed by atoms with Gasteiger partial charge in [-0.3, -0.25) is 4.79 Å². The molecule has 124 valence electrons. The maximum atomic E-state index is 12.4. The van der Waals surface area contributed by atoms with Crippen molar-refractivity contribution >= 4 is 5.91 Å². The summed E-state index contributed by atoms with van der Waals surface area (Å²) in [5.41, 5.74) is 3.51. The van der Waals surface area contributed by atoms with Crippen molar-refractivity contribution in [2.24, 2.45) is 17.3 Å². The highest BCUT2D eigenvalue weighted by atomic mass is 16.2. The van der Waals surface area contributed by atoms with E-state index in [4.69, 9.17) is 0 Å². The number of carbonyl (C=O) groups excluding carboxylic acids is 1. The highest BCUT2D eigenvalue weighted by Crippen LogP contribution is 2.66. The Labute approximate surface area is 140 Å². The molecule has 1 amide bonds. The standard InChI is InChI=1S/C21H29NO/c1-15-4-6-18(7-5-15)21-11-16-8-17(12-21)10-20(9-16,14-21)13-19(23)22(2)3/h4-7,16-17H,8-14H2,1-3H3/t16-,17-,20?,21?/m0/s1. The molecular weight excluding hydrogens is 282 g/mol. The molecule has 0 aliphatic heterocycles. The molecule has 23 heavy (non-hydrogen) atoms. The summed E-state index contributed by atoms with van der Waals surface area (Å²) in [7, 11) is 3.80. The van der Waals surface area contributed by atoms with E-state index in [0.29, 0.717) is 11.3 Å². The average molecular weight is 311 g/mol. The van der Waals surface area contributed by atoms with E-state index in [2.05, 4.69) is 31.2 Å². The molecule has 0 aromatic heterocycles. The van der Waals surface area contributed by atoms with Crippen LogP contribution in [0.15, 0.2) is 24.3 Å². The Kier molecular flexibility index (Phi) is 3.37. The molecule has 0 radical (unpaired) electrons. The summed E-state index contributed by atoms with van der Waals surface area (Å²) in [6.45, 7) is 2.17. The number of amides is 1. The Hall–Kier alpha value is -1.31. The third-order valence-electron chi connectivity index (χ3n) is 6.87. The van der Waals surface area contributed by atoms with Gasteiger partial charge in [-0.05, 0) is 73.7 Å². The average Bonchev–Trinajstić information content (AvgIpc) is 2.45. The van der Waals surface area contributed by atoms with E-state index in [-0.39, 0.29) is 5.41 Å². The van der Waals surface area contributed by atoms with E-state index in [1.54, 1.807) is 10.5 Å². The van der Waals surface area contributed by atoms with Gasteiger partial charge in [0, 0.05) is 20.5 Å². The molecule has 0 spiro atoms. The lowest BCUT2D eigenvalue weighted by molar-refractivity contribution is -0.138. The molecule has 2 atom stereocenters. The van der Waals surface area contributed by atoms with E-state index in [9.17, 15) is 4.79 Å². The zero-order valence-electron chi connectivity index (χ0n) is 14.8. The van der Waals surface area contributed by atoms with Crippen molar-refractivity contribution in [2.45, 2.75) is 57.3 Å². The van der Waals surface area contributed by atoms with Crippen LogP contribution in [0.4, 0.5) is 0 Å². The third kappa shape index (κ3) is 2.51. The molecule has 1 aromatic carbocycles.